The molecule has 0 saturated carbocycles. The van der Waals surface area contributed by atoms with Crippen molar-refractivity contribution in [3.63, 3.8) is 0 Å². The van der Waals surface area contributed by atoms with Crippen molar-refractivity contribution >= 4 is 28.2 Å². The lowest BCUT2D eigenvalue weighted by molar-refractivity contribution is 0.192. The van der Waals surface area contributed by atoms with E-state index in [0.29, 0.717) is 18.0 Å². The summed E-state index contributed by atoms with van der Waals surface area (Å²) < 4.78 is 1.74. The van der Waals surface area contributed by atoms with Gasteiger partial charge >= 0.3 is 0 Å². The highest BCUT2D eigenvalue weighted by Gasteiger charge is 2.13. The molecule has 0 aromatic carbocycles. The number of aliphatic hydroxyl groups excluding tert-OH is 1. The topological polar surface area (TPSA) is 88.8 Å². The molecule has 4 aromatic heterocycles. The Kier molecular flexibility index (Phi) is 3.89. The lowest BCUT2D eigenvalue weighted by atomic mass is 10.2. The Bertz CT molecular complexity index is 938. The summed E-state index contributed by atoms with van der Waals surface area (Å²) in [5.41, 5.74) is 2.47. The number of rotatable bonds is 5. The first-order valence-electron chi connectivity index (χ1n) is 7.36. The van der Waals surface area contributed by atoms with Gasteiger partial charge in [0.25, 0.3) is 0 Å². The third kappa shape index (κ3) is 2.72. The molecule has 1 unspecified atom stereocenters. The summed E-state index contributed by atoms with van der Waals surface area (Å²) in [4.78, 5) is 12.6. The van der Waals surface area contributed by atoms with E-state index in [9.17, 15) is 5.11 Å². The van der Waals surface area contributed by atoms with Crippen molar-refractivity contribution in [2.24, 2.45) is 0 Å². The molecule has 0 aliphatic carbocycles. The van der Waals surface area contributed by atoms with E-state index in [1.807, 2.05) is 29.0 Å². The van der Waals surface area contributed by atoms with Crippen LogP contribution in [-0.4, -0.2) is 36.4 Å². The standard InChI is InChI=1S/C16H14N6OS/c23-14(11-3-6-24-9-11)8-18-15-13-7-21-22(16(13)20-10-19-15)12-1-4-17-5-2-12/h1-7,9-10,14,23H,8H2,(H,18,19,20). The van der Waals surface area contributed by atoms with Crippen LogP contribution >= 0.6 is 11.3 Å². The summed E-state index contributed by atoms with van der Waals surface area (Å²) >= 11 is 1.56. The summed E-state index contributed by atoms with van der Waals surface area (Å²) in [5, 5.41) is 22.4. The van der Waals surface area contributed by atoms with Crippen molar-refractivity contribution in [2.75, 3.05) is 11.9 Å². The van der Waals surface area contributed by atoms with Gasteiger partial charge in [-0.05, 0) is 34.5 Å². The molecule has 0 radical (unpaired) electrons. The third-order valence-corrected chi connectivity index (χ3v) is 4.37. The molecular weight excluding hydrogens is 324 g/mol. The maximum atomic E-state index is 10.2. The minimum atomic E-state index is -0.587. The maximum Gasteiger partial charge on any atom is 0.168 e. The highest BCUT2D eigenvalue weighted by atomic mass is 32.1. The van der Waals surface area contributed by atoms with Crippen LogP contribution in [0.15, 0.2) is 53.9 Å². The third-order valence-electron chi connectivity index (χ3n) is 3.66. The van der Waals surface area contributed by atoms with E-state index >= 15 is 0 Å². The van der Waals surface area contributed by atoms with Gasteiger partial charge in [0.2, 0.25) is 0 Å². The van der Waals surface area contributed by atoms with Crippen molar-refractivity contribution in [2.45, 2.75) is 6.10 Å². The van der Waals surface area contributed by atoms with Gasteiger partial charge in [0.05, 0.1) is 23.4 Å². The zero-order chi connectivity index (χ0) is 16.4. The van der Waals surface area contributed by atoms with Crippen molar-refractivity contribution in [1.82, 2.24) is 24.7 Å². The molecule has 4 heterocycles. The second-order valence-electron chi connectivity index (χ2n) is 5.17. The highest BCUT2D eigenvalue weighted by Crippen LogP contribution is 2.22. The fourth-order valence-electron chi connectivity index (χ4n) is 2.43. The van der Waals surface area contributed by atoms with Crippen LogP contribution in [0.25, 0.3) is 16.7 Å². The van der Waals surface area contributed by atoms with Gasteiger partial charge in [-0.25, -0.2) is 14.6 Å². The molecule has 0 aliphatic rings. The van der Waals surface area contributed by atoms with E-state index in [1.54, 1.807) is 34.6 Å². The predicted molar refractivity (Wildman–Crippen MR) is 92.2 cm³/mol. The van der Waals surface area contributed by atoms with E-state index in [-0.39, 0.29) is 0 Å². The van der Waals surface area contributed by atoms with Gasteiger partial charge < -0.3 is 10.4 Å². The molecule has 0 spiro atoms. The minimum Gasteiger partial charge on any atom is -0.387 e. The number of hydrogen-bond acceptors (Lipinski definition) is 7. The minimum absolute atomic E-state index is 0.364. The van der Waals surface area contributed by atoms with Gasteiger partial charge in [-0.2, -0.15) is 16.4 Å². The van der Waals surface area contributed by atoms with Gasteiger partial charge in [0, 0.05) is 18.9 Å². The largest absolute Gasteiger partial charge is 0.387 e. The average Bonchev–Trinajstić information content (AvgIpc) is 3.30. The number of hydrogen-bond donors (Lipinski definition) is 2. The molecule has 0 amide bonds. The first-order valence-corrected chi connectivity index (χ1v) is 8.30. The maximum absolute atomic E-state index is 10.2. The molecule has 4 aromatic rings. The quantitative estimate of drug-likeness (QED) is 0.581. The number of nitrogens with zero attached hydrogens (tertiary/aromatic N) is 5. The average molecular weight is 338 g/mol. The summed E-state index contributed by atoms with van der Waals surface area (Å²) in [5.74, 6) is 0.648. The van der Waals surface area contributed by atoms with Gasteiger partial charge in [0.15, 0.2) is 5.65 Å². The van der Waals surface area contributed by atoms with E-state index in [4.69, 9.17) is 0 Å². The van der Waals surface area contributed by atoms with Gasteiger partial charge in [0.1, 0.15) is 12.1 Å². The van der Waals surface area contributed by atoms with E-state index in [1.165, 1.54) is 6.33 Å². The van der Waals surface area contributed by atoms with E-state index in [0.717, 1.165) is 16.6 Å². The number of pyridine rings is 1. The molecule has 24 heavy (non-hydrogen) atoms. The number of fused-ring (bicyclic) bond motifs is 1. The van der Waals surface area contributed by atoms with Crippen molar-refractivity contribution in [3.05, 3.63) is 59.4 Å². The summed E-state index contributed by atoms with van der Waals surface area (Å²) in [6, 6.07) is 5.64. The fourth-order valence-corrected chi connectivity index (χ4v) is 3.14. The number of thiophene rings is 1. The van der Waals surface area contributed by atoms with E-state index in [2.05, 4.69) is 25.4 Å². The SMILES string of the molecule is OC(CNc1ncnc2c1cnn2-c1ccncc1)c1ccsc1. The molecule has 7 nitrogen and oxygen atoms in total. The Balaban J connectivity index is 1.62. The first kappa shape index (κ1) is 14.7. The van der Waals surface area contributed by atoms with Gasteiger partial charge in [-0.15, -0.1) is 0 Å². The molecular formula is C16H14N6OS. The zero-order valence-electron chi connectivity index (χ0n) is 12.6. The molecule has 4 rings (SSSR count). The summed E-state index contributed by atoms with van der Waals surface area (Å²) in [6.07, 6.45) is 6.04. The van der Waals surface area contributed by atoms with Gasteiger partial charge in [-0.1, -0.05) is 0 Å². The van der Waals surface area contributed by atoms with Crippen LogP contribution in [0.3, 0.4) is 0 Å². The molecule has 0 aliphatic heterocycles. The van der Waals surface area contributed by atoms with Crippen molar-refractivity contribution < 1.29 is 5.11 Å². The Labute approximate surface area is 141 Å². The van der Waals surface area contributed by atoms with Crippen LogP contribution < -0.4 is 5.32 Å². The molecule has 0 bridgehead atoms. The second-order valence-corrected chi connectivity index (χ2v) is 5.95. The normalized spacial score (nSPS) is 12.4. The monoisotopic (exact) mass is 338 g/mol. The smallest absolute Gasteiger partial charge is 0.168 e. The highest BCUT2D eigenvalue weighted by molar-refractivity contribution is 7.07. The van der Waals surface area contributed by atoms with Crippen LogP contribution in [0.4, 0.5) is 5.82 Å². The molecule has 120 valence electrons. The second kappa shape index (κ2) is 6.34. The zero-order valence-corrected chi connectivity index (χ0v) is 13.4. The number of anilines is 1. The van der Waals surface area contributed by atoms with Crippen LogP contribution in [-0.2, 0) is 0 Å². The van der Waals surface area contributed by atoms with Gasteiger partial charge in [-0.3, -0.25) is 4.98 Å². The van der Waals surface area contributed by atoms with Crippen LogP contribution in [0.5, 0.6) is 0 Å². The molecule has 1 atom stereocenters. The number of nitrogens with one attached hydrogen (secondary N) is 1. The van der Waals surface area contributed by atoms with Crippen molar-refractivity contribution in [3.8, 4) is 5.69 Å². The fraction of sp³-hybridized carbons (Fsp3) is 0.125. The Morgan fingerprint density at radius 1 is 1.21 bits per heavy atom. The number of aliphatic hydroxyl groups is 1. The summed E-state index contributed by atoms with van der Waals surface area (Å²) in [6.45, 7) is 0.364. The van der Waals surface area contributed by atoms with E-state index < -0.39 is 6.10 Å². The Hall–Kier alpha value is -2.84. The van der Waals surface area contributed by atoms with Crippen molar-refractivity contribution in [1.29, 1.82) is 0 Å². The Morgan fingerprint density at radius 3 is 2.88 bits per heavy atom. The first-order chi connectivity index (χ1) is 11.8. The molecule has 8 heteroatoms. The lowest BCUT2D eigenvalue weighted by Crippen LogP contribution is -2.12. The summed E-state index contributed by atoms with van der Waals surface area (Å²) in [7, 11) is 0. The molecule has 0 fully saturated rings. The van der Waals surface area contributed by atoms with Crippen LogP contribution in [0, 0.1) is 0 Å². The Morgan fingerprint density at radius 2 is 2.08 bits per heavy atom. The molecule has 2 N–H and O–H groups in total. The lowest BCUT2D eigenvalue weighted by Gasteiger charge is -2.11. The van der Waals surface area contributed by atoms with Crippen LogP contribution in [0.1, 0.15) is 11.7 Å². The number of aromatic nitrogens is 5. The molecule has 0 saturated heterocycles. The van der Waals surface area contributed by atoms with Crippen LogP contribution in [0.2, 0.25) is 0 Å². The predicted octanol–water partition coefficient (Wildman–Crippen LogP) is 2.42.